The molecule has 4 heteroatoms. The fourth-order valence-electron chi connectivity index (χ4n) is 3.87. The Bertz CT molecular complexity index is 273. The van der Waals surface area contributed by atoms with Crippen molar-refractivity contribution >= 4 is 0 Å². The van der Waals surface area contributed by atoms with Crippen LogP contribution < -0.4 is 5.32 Å². The first-order valence-corrected chi connectivity index (χ1v) is 8.03. The summed E-state index contributed by atoms with van der Waals surface area (Å²) in [7, 11) is 0. The molecule has 2 heterocycles. The zero-order chi connectivity index (χ0) is 13.0. The van der Waals surface area contributed by atoms with Gasteiger partial charge in [0, 0.05) is 18.6 Å². The van der Waals surface area contributed by atoms with Crippen LogP contribution in [-0.2, 0) is 9.47 Å². The molecular formula is C15H28N2O2. The number of hydrogen-bond acceptors (Lipinski definition) is 4. The standard InChI is InChI=1S/C15H28N2O2/c1-2-5-15(6-3-1)13-17(8-4-7-16-15)11-14-12-18-9-10-19-14/h14,16H,1-13H2. The van der Waals surface area contributed by atoms with E-state index in [1.807, 2.05) is 0 Å². The summed E-state index contributed by atoms with van der Waals surface area (Å²) >= 11 is 0. The van der Waals surface area contributed by atoms with Crippen molar-refractivity contribution < 1.29 is 9.47 Å². The maximum atomic E-state index is 5.81. The van der Waals surface area contributed by atoms with Gasteiger partial charge in [-0.1, -0.05) is 19.3 Å². The predicted octanol–water partition coefficient (Wildman–Crippen LogP) is 1.40. The van der Waals surface area contributed by atoms with Crippen molar-refractivity contribution in [2.75, 3.05) is 46.0 Å². The lowest BCUT2D eigenvalue weighted by atomic mass is 9.81. The second-order valence-electron chi connectivity index (χ2n) is 6.42. The minimum Gasteiger partial charge on any atom is -0.376 e. The van der Waals surface area contributed by atoms with Crippen molar-refractivity contribution in [3.63, 3.8) is 0 Å². The number of nitrogens with zero attached hydrogens (tertiary/aromatic N) is 1. The molecule has 1 spiro atoms. The highest BCUT2D eigenvalue weighted by Crippen LogP contribution is 2.30. The molecule has 19 heavy (non-hydrogen) atoms. The highest BCUT2D eigenvalue weighted by molar-refractivity contribution is 4.95. The molecule has 0 aromatic carbocycles. The van der Waals surface area contributed by atoms with Crippen LogP contribution in [-0.4, -0.2) is 62.5 Å². The second kappa shape index (κ2) is 6.53. The maximum Gasteiger partial charge on any atom is 0.0936 e. The Hall–Kier alpha value is -0.160. The zero-order valence-electron chi connectivity index (χ0n) is 12.0. The summed E-state index contributed by atoms with van der Waals surface area (Å²) in [5.41, 5.74) is 0.393. The molecule has 3 rings (SSSR count). The Kier molecular flexibility index (Phi) is 4.74. The van der Waals surface area contributed by atoms with Crippen LogP contribution in [0.4, 0.5) is 0 Å². The Morgan fingerprint density at radius 2 is 2.00 bits per heavy atom. The largest absolute Gasteiger partial charge is 0.376 e. The van der Waals surface area contributed by atoms with E-state index in [-0.39, 0.29) is 6.10 Å². The Morgan fingerprint density at radius 1 is 1.11 bits per heavy atom. The molecule has 3 aliphatic rings. The molecule has 0 amide bonds. The third-order valence-corrected chi connectivity index (χ3v) is 4.83. The molecular weight excluding hydrogens is 240 g/mol. The van der Waals surface area contributed by atoms with Crippen LogP contribution in [0, 0.1) is 0 Å². The van der Waals surface area contributed by atoms with Crippen LogP contribution in [0.25, 0.3) is 0 Å². The molecule has 1 N–H and O–H groups in total. The van der Waals surface area contributed by atoms with Crippen LogP contribution >= 0.6 is 0 Å². The monoisotopic (exact) mass is 268 g/mol. The summed E-state index contributed by atoms with van der Waals surface area (Å²) < 4.78 is 11.3. The van der Waals surface area contributed by atoms with Crippen LogP contribution in [0.5, 0.6) is 0 Å². The molecule has 2 aliphatic heterocycles. The van der Waals surface area contributed by atoms with Crippen molar-refractivity contribution in [1.29, 1.82) is 0 Å². The fourth-order valence-corrected chi connectivity index (χ4v) is 3.87. The van der Waals surface area contributed by atoms with E-state index in [0.717, 1.165) is 26.4 Å². The first-order valence-electron chi connectivity index (χ1n) is 8.03. The van der Waals surface area contributed by atoms with Crippen molar-refractivity contribution in [1.82, 2.24) is 10.2 Å². The minimum atomic E-state index is 0.285. The maximum absolute atomic E-state index is 5.81. The highest BCUT2D eigenvalue weighted by Gasteiger charge is 2.35. The third kappa shape index (κ3) is 3.69. The van der Waals surface area contributed by atoms with Gasteiger partial charge >= 0.3 is 0 Å². The summed E-state index contributed by atoms with van der Waals surface area (Å²) in [6.45, 7) is 6.93. The van der Waals surface area contributed by atoms with E-state index in [2.05, 4.69) is 10.2 Å². The Morgan fingerprint density at radius 3 is 2.79 bits per heavy atom. The number of hydrogen-bond donors (Lipinski definition) is 1. The zero-order valence-corrected chi connectivity index (χ0v) is 12.0. The van der Waals surface area contributed by atoms with Gasteiger partial charge < -0.3 is 14.8 Å². The molecule has 1 unspecified atom stereocenters. The molecule has 4 nitrogen and oxygen atoms in total. The van der Waals surface area contributed by atoms with E-state index in [1.54, 1.807) is 0 Å². The molecule has 0 radical (unpaired) electrons. The van der Waals surface area contributed by atoms with Gasteiger partial charge in [-0.15, -0.1) is 0 Å². The molecule has 1 atom stereocenters. The average Bonchev–Trinajstić information content (AvgIpc) is 2.63. The summed E-state index contributed by atoms with van der Waals surface area (Å²) in [6, 6.07) is 0. The molecule has 0 aromatic rings. The van der Waals surface area contributed by atoms with E-state index in [4.69, 9.17) is 9.47 Å². The lowest BCUT2D eigenvalue weighted by molar-refractivity contribution is -0.0986. The van der Waals surface area contributed by atoms with Gasteiger partial charge in [-0.25, -0.2) is 0 Å². The minimum absolute atomic E-state index is 0.285. The number of nitrogens with one attached hydrogen (secondary N) is 1. The summed E-state index contributed by atoms with van der Waals surface area (Å²) in [4.78, 5) is 2.62. The first kappa shape index (κ1) is 13.8. The van der Waals surface area contributed by atoms with Crippen molar-refractivity contribution in [2.24, 2.45) is 0 Å². The smallest absolute Gasteiger partial charge is 0.0936 e. The van der Waals surface area contributed by atoms with Gasteiger partial charge in [0.25, 0.3) is 0 Å². The molecule has 3 fully saturated rings. The van der Waals surface area contributed by atoms with E-state index in [1.165, 1.54) is 58.2 Å². The number of rotatable bonds is 2. The van der Waals surface area contributed by atoms with Crippen LogP contribution in [0.2, 0.25) is 0 Å². The average molecular weight is 268 g/mol. The van der Waals surface area contributed by atoms with Crippen LogP contribution in [0.1, 0.15) is 38.5 Å². The molecule has 110 valence electrons. The van der Waals surface area contributed by atoms with Crippen LogP contribution in [0.3, 0.4) is 0 Å². The lowest BCUT2D eigenvalue weighted by Crippen LogP contribution is -2.54. The van der Waals surface area contributed by atoms with Gasteiger partial charge in [-0.2, -0.15) is 0 Å². The van der Waals surface area contributed by atoms with Gasteiger partial charge in [0.1, 0.15) is 0 Å². The van der Waals surface area contributed by atoms with E-state index >= 15 is 0 Å². The second-order valence-corrected chi connectivity index (χ2v) is 6.42. The predicted molar refractivity (Wildman–Crippen MR) is 75.4 cm³/mol. The summed E-state index contributed by atoms with van der Waals surface area (Å²) in [5.74, 6) is 0. The molecule has 0 bridgehead atoms. The highest BCUT2D eigenvalue weighted by atomic mass is 16.6. The fraction of sp³-hybridized carbons (Fsp3) is 1.00. The van der Waals surface area contributed by atoms with E-state index in [9.17, 15) is 0 Å². The topological polar surface area (TPSA) is 33.7 Å². The van der Waals surface area contributed by atoms with Crippen molar-refractivity contribution in [3.8, 4) is 0 Å². The van der Waals surface area contributed by atoms with Gasteiger partial charge in [0.2, 0.25) is 0 Å². The van der Waals surface area contributed by atoms with Gasteiger partial charge in [0.15, 0.2) is 0 Å². The van der Waals surface area contributed by atoms with E-state index < -0.39 is 0 Å². The number of ether oxygens (including phenoxy) is 2. The summed E-state index contributed by atoms with van der Waals surface area (Å²) in [6.07, 6.45) is 8.45. The molecule has 0 aromatic heterocycles. The van der Waals surface area contributed by atoms with E-state index in [0.29, 0.717) is 5.54 Å². The van der Waals surface area contributed by atoms with Crippen LogP contribution in [0.15, 0.2) is 0 Å². The SMILES string of the molecule is C1CCC2(CC1)CN(CC1COCCO1)CCCN2. The van der Waals surface area contributed by atoms with Crippen molar-refractivity contribution in [2.45, 2.75) is 50.2 Å². The molecule has 2 saturated heterocycles. The lowest BCUT2D eigenvalue weighted by Gasteiger charge is -2.41. The normalized spacial score (nSPS) is 33.2. The summed E-state index contributed by atoms with van der Waals surface area (Å²) in [5, 5.41) is 3.85. The van der Waals surface area contributed by atoms with Gasteiger partial charge in [0.05, 0.1) is 25.9 Å². The quantitative estimate of drug-likeness (QED) is 0.821. The van der Waals surface area contributed by atoms with Gasteiger partial charge in [-0.05, 0) is 32.4 Å². The van der Waals surface area contributed by atoms with Gasteiger partial charge in [-0.3, -0.25) is 4.90 Å². The van der Waals surface area contributed by atoms with Crippen molar-refractivity contribution in [3.05, 3.63) is 0 Å². The Labute approximate surface area is 116 Å². The third-order valence-electron chi connectivity index (χ3n) is 4.83. The Balaban J connectivity index is 1.57. The molecule has 1 aliphatic carbocycles. The molecule has 1 saturated carbocycles. The first-order chi connectivity index (χ1) is 9.36.